The number of carbonyl (C=O) groups is 1. The van der Waals surface area contributed by atoms with Crippen molar-refractivity contribution in [3.05, 3.63) is 19.1 Å². The Labute approximate surface area is 67.9 Å². The normalized spacial score (nSPS) is 16.0. The molecule has 0 saturated heterocycles. The van der Waals surface area contributed by atoms with Gasteiger partial charge >= 0.3 is 5.97 Å². The van der Waals surface area contributed by atoms with Crippen molar-refractivity contribution in [1.29, 1.82) is 0 Å². The molecule has 0 bridgehead atoms. The van der Waals surface area contributed by atoms with Crippen LogP contribution in [-0.4, -0.2) is 11.1 Å². The van der Waals surface area contributed by atoms with E-state index < -0.39 is 5.97 Å². The SMILES string of the molecule is C=CC(=O)O.[CH]1CCCCC1. The fourth-order valence-corrected chi connectivity index (χ4v) is 0.898. The maximum absolute atomic E-state index is 9.25. The van der Waals surface area contributed by atoms with E-state index in [0.29, 0.717) is 0 Å². The van der Waals surface area contributed by atoms with Gasteiger partial charge in [-0.3, -0.25) is 0 Å². The summed E-state index contributed by atoms with van der Waals surface area (Å²) in [6.45, 7) is 2.96. The van der Waals surface area contributed by atoms with Crippen LogP contribution in [0.2, 0.25) is 0 Å². The molecule has 1 aliphatic carbocycles. The molecule has 0 amide bonds. The molecule has 0 aliphatic heterocycles. The van der Waals surface area contributed by atoms with Gasteiger partial charge in [0, 0.05) is 6.08 Å². The van der Waals surface area contributed by atoms with E-state index in [1.807, 2.05) is 0 Å². The van der Waals surface area contributed by atoms with Crippen molar-refractivity contribution in [2.75, 3.05) is 0 Å². The van der Waals surface area contributed by atoms with E-state index in [9.17, 15) is 4.79 Å². The minimum atomic E-state index is -0.981. The van der Waals surface area contributed by atoms with E-state index in [4.69, 9.17) is 5.11 Å². The molecule has 1 radical (unpaired) electrons. The van der Waals surface area contributed by atoms with Crippen LogP contribution >= 0.6 is 0 Å². The lowest BCUT2D eigenvalue weighted by Crippen LogP contribution is -1.87. The molecule has 11 heavy (non-hydrogen) atoms. The minimum absolute atomic E-state index is 0.833. The number of hydrogen-bond acceptors (Lipinski definition) is 1. The Bertz CT molecular complexity index is 103. The molecule has 1 N–H and O–H groups in total. The van der Waals surface area contributed by atoms with Crippen LogP contribution in [0.15, 0.2) is 12.7 Å². The number of carboxylic acid groups (broad SMARTS) is 1. The summed E-state index contributed by atoms with van der Waals surface area (Å²) in [5.74, 6) is -0.981. The van der Waals surface area contributed by atoms with Gasteiger partial charge in [0.2, 0.25) is 0 Å². The molecular weight excluding hydrogens is 140 g/mol. The third-order valence-electron chi connectivity index (χ3n) is 1.49. The van der Waals surface area contributed by atoms with Gasteiger partial charge in [-0.2, -0.15) is 0 Å². The summed E-state index contributed by atoms with van der Waals surface area (Å²) in [5.41, 5.74) is 0. The van der Waals surface area contributed by atoms with Crippen molar-refractivity contribution in [2.24, 2.45) is 0 Å². The maximum Gasteiger partial charge on any atom is 0.327 e. The van der Waals surface area contributed by atoms with Crippen LogP contribution in [0, 0.1) is 6.42 Å². The Kier molecular flexibility index (Phi) is 6.79. The topological polar surface area (TPSA) is 37.3 Å². The Morgan fingerprint density at radius 2 is 1.82 bits per heavy atom. The van der Waals surface area contributed by atoms with Gasteiger partial charge in [0.15, 0.2) is 0 Å². The predicted molar refractivity (Wildman–Crippen MR) is 45.2 cm³/mol. The average Bonchev–Trinajstić information content (AvgIpc) is 2.09. The molecule has 0 spiro atoms. The quantitative estimate of drug-likeness (QED) is 0.590. The van der Waals surface area contributed by atoms with Crippen molar-refractivity contribution >= 4 is 5.97 Å². The first-order valence-corrected chi connectivity index (χ1v) is 3.94. The molecule has 0 heterocycles. The molecule has 0 aromatic carbocycles. The van der Waals surface area contributed by atoms with E-state index in [-0.39, 0.29) is 0 Å². The van der Waals surface area contributed by atoms with Crippen LogP contribution in [-0.2, 0) is 4.79 Å². The Hall–Kier alpha value is -0.790. The first-order chi connectivity index (χ1) is 5.27. The summed E-state index contributed by atoms with van der Waals surface area (Å²) in [6, 6.07) is 0. The summed E-state index contributed by atoms with van der Waals surface area (Å²) in [4.78, 5) is 9.25. The lowest BCUT2D eigenvalue weighted by molar-refractivity contribution is -0.131. The summed E-state index contributed by atoms with van der Waals surface area (Å²) < 4.78 is 0. The fourth-order valence-electron chi connectivity index (χ4n) is 0.898. The van der Waals surface area contributed by atoms with Crippen LogP contribution < -0.4 is 0 Å². The minimum Gasteiger partial charge on any atom is -0.478 e. The molecule has 0 atom stereocenters. The number of aliphatic carboxylic acids is 1. The zero-order valence-electron chi connectivity index (χ0n) is 6.75. The highest BCUT2D eigenvalue weighted by atomic mass is 16.4. The van der Waals surface area contributed by atoms with Crippen molar-refractivity contribution in [3.63, 3.8) is 0 Å². The van der Waals surface area contributed by atoms with Gasteiger partial charge in [-0.1, -0.05) is 38.7 Å². The Morgan fingerprint density at radius 3 is 1.91 bits per heavy atom. The van der Waals surface area contributed by atoms with E-state index in [1.54, 1.807) is 0 Å². The largest absolute Gasteiger partial charge is 0.478 e. The first kappa shape index (κ1) is 10.2. The smallest absolute Gasteiger partial charge is 0.327 e. The predicted octanol–water partition coefficient (Wildman–Crippen LogP) is 2.41. The highest BCUT2D eigenvalue weighted by Crippen LogP contribution is 2.14. The second kappa shape index (κ2) is 7.32. The number of rotatable bonds is 1. The van der Waals surface area contributed by atoms with E-state index in [0.717, 1.165) is 6.08 Å². The highest BCUT2D eigenvalue weighted by Gasteiger charge is 1.95. The molecule has 1 aliphatic rings. The second-order valence-electron chi connectivity index (χ2n) is 2.47. The fraction of sp³-hybridized carbons (Fsp3) is 0.556. The summed E-state index contributed by atoms with van der Waals surface area (Å²) in [5, 5.41) is 7.60. The third-order valence-corrected chi connectivity index (χ3v) is 1.49. The van der Waals surface area contributed by atoms with E-state index in [1.165, 1.54) is 32.1 Å². The van der Waals surface area contributed by atoms with Crippen molar-refractivity contribution in [1.82, 2.24) is 0 Å². The molecule has 2 heteroatoms. The summed E-state index contributed by atoms with van der Waals surface area (Å²) in [6.07, 6.45) is 10.3. The van der Waals surface area contributed by atoms with Gasteiger partial charge in [-0.25, -0.2) is 4.79 Å². The molecule has 63 valence electrons. The standard InChI is InChI=1S/C6H11.C3H4O2/c1-2-4-6-5-3-1;1-2-3(4)5/h1H,2-6H2;2H,1H2,(H,4,5). The Balaban J connectivity index is 0.000000187. The summed E-state index contributed by atoms with van der Waals surface area (Å²) >= 11 is 0. The molecule has 0 aromatic heterocycles. The van der Waals surface area contributed by atoms with Crippen LogP contribution in [0.25, 0.3) is 0 Å². The van der Waals surface area contributed by atoms with Crippen LogP contribution in [0.5, 0.6) is 0 Å². The van der Waals surface area contributed by atoms with E-state index in [2.05, 4.69) is 13.0 Å². The first-order valence-electron chi connectivity index (χ1n) is 3.94. The molecule has 1 rings (SSSR count). The number of carboxylic acids is 1. The van der Waals surface area contributed by atoms with Gasteiger partial charge in [0.25, 0.3) is 0 Å². The number of hydrogen-bond donors (Lipinski definition) is 1. The van der Waals surface area contributed by atoms with Crippen molar-refractivity contribution in [3.8, 4) is 0 Å². The molecular formula is C9H15O2. The monoisotopic (exact) mass is 155 g/mol. The van der Waals surface area contributed by atoms with E-state index >= 15 is 0 Å². The second-order valence-corrected chi connectivity index (χ2v) is 2.47. The van der Waals surface area contributed by atoms with Crippen molar-refractivity contribution in [2.45, 2.75) is 32.1 Å². The average molecular weight is 155 g/mol. The van der Waals surface area contributed by atoms with Gasteiger partial charge in [0.05, 0.1) is 0 Å². The van der Waals surface area contributed by atoms with Gasteiger partial charge < -0.3 is 5.11 Å². The molecule has 2 nitrogen and oxygen atoms in total. The zero-order chi connectivity index (χ0) is 8.53. The van der Waals surface area contributed by atoms with Crippen LogP contribution in [0.3, 0.4) is 0 Å². The third kappa shape index (κ3) is 9.21. The Morgan fingerprint density at radius 1 is 1.36 bits per heavy atom. The van der Waals surface area contributed by atoms with Crippen molar-refractivity contribution < 1.29 is 9.90 Å². The molecule has 1 saturated carbocycles. The highest BCUT2D eigenvalue weighted by molar-refractivity contribution is 5.78. The molecule has 0 aromatic rings. The van der Waals surface area contributed by atoms with Gasteiger partial charge in [-0.15, -0.1) is 0 Å². The van der Waals surface area contributed by atoms with Gasteiger partial charge in [-0.05, 0) is 6.42 Å². The zero-order valence-corrected chi connectivity index (χ0v) is 6.75. The lowest BCUT2D eigenvalue weighted by Gasteiger charge is -2.05. The summed E-state index contributed by atoms with van der Waals surface area (Å²) in [7, 11) is 0. The van der Waals surface area contributed by atoms with Crippen LogP contribution in [0.1, 0.15) is 32.1 Å². The maximum atomic E-state index is 9.25. The van der Waals surface area contributed by atoms with Gasteiger partial charge in [0.1, 0.15) is 0 Å². The lowest BCUT2D eigenvalue weighted by atomic mass is 10.0. The molecule has 1 fully saturated rings. The van der Waals surface area contributed by atoms with Crippen LogP contribution in [0.4, 0.5) is 0 Å². The molecule has 0 unspecified atom stereocenters.